The standard InChI is InChI=1S/C14H21NO3S/c1-11-5-6-13(19-11)3-2-4-14(16)15-9-12-7-8-17-10-18-12/h5-6,12H,2-4,7-10H2,1H3,(H,15,16)/t12-/m0/s1. The lowest BCUT2D eigenvalue weighted by molar-refractivity contribution is -0.141. The summed E-state index contributed by atoms with van der Waals surface area (Å²) in [4.78, 5) is 14.4. The maximum absolute atomic E-state index is 11.7. The molecule has 1 amide bonds. The van der Waals surface area contributed by atoms with E-state index in [0.717, 1.165) is 25.9 Å². The van der Waals surface area contributed by atoms with Crippen molar-refractivity contribution in [3.05, 3.63) is 21.9 Å². The van der Waals surface area contributed by atoms with Crippen LogP contribution in [0.1, 0.15) is 29.0 Å². The summed E-state index contributed by atoms with van der Waals surface area (Å²) in [6.07, 6.45) is 3.44. The minimum Gasteiger partial charge on any atom is -0.355 e. The number of carbonyl (C=O) groups excluding carboxylic acids is 1. The number of nitrogens with one attached hydrogen (secondary N) is 1. The third kappa shape index (κ3) is 5.30. The number of amides is 1. The van der Waals surface area contributed by atoms with E-state index < -0.39 is 0 Å². The first-order valence-electron chi connectivity index (χ1n) is 6.75. The molecule has 1 N–H and O–H groups in total. The predicted octanol–water partition coefficient (Wildman–Crippen LogP) is 2.26. The van der Waals surface area contributed by atoms with Crippen LogP contribution in [-0.2, 0) is 20.7 Å². The molecule has 5 heteroatoms. The summed E-state index contributed by atoms with van der Waals surface area (Å²) < 4.78 is 10.5. The average Bonchev–Trinajstić information content (AvgIpc) is 2.83. The highest BCUT2D eigenvalue weighted by atomic mass is 32.1. The van der Waals surface area contributed by atoms with Crippen molar-refractivity contribution in [3.8, 4) is 0 Å². The van der Waals surface area contributed by atoms with Crippen LogP contribution in [0.5, 0.6) is 0 Å². The first-order chi connectivity index (χ1) is 9.24. The number of aryl methyl sites for hydroxylation is 2. The summed E-state index contributed by atoms with van der Waals surface area (Å²) in [5, 5.41) is 2.93. The third-order valence-corrected chi connectivity index (χ3v) is 4.18. The molecule has 1 aliphatic rings. The molecule has 0 aromatic carbocycles. The van der Waals surface area contributed by atoms with E-state index in [-0.39, 0.29) is 12.0 Å². The number of thiophene rings is 1. The monoisotopic (exact) mass is 283 g/mol. The van der Waals surface area contributed by atoms with Crippen molar-refractivity contribution >= 4 is 17.2 Å². The van der Waals surface area contributed by atoms with Gasteiger partial charge >= 0.3 is 0 Å². The summed E-state index contributed by atoms with van der Waals surface area (Å²) in [6, 6.07) is 4.27. The van der Waals surface area contributed by atoms with Gasteiger partial charge in [-0.3, -0.25) is 4.79 Å². The van der Waals surface area contributed by atoms with Crippen LogP contribution in [0.4, 0.5) is 0 Å². The molecule has 19 heavy (non-hydrogen) atoms. The highest BCUT2D eigenvalue weighted by molar-refractivity contribution is 7.11. The van der Waals surface area contributed by atoms with E-state index in [9.17, 15) is 4.79 Å². The molecule has 1 aliphatic heterocycles. The van der Waals surface area contributed by atoms with Crippen LogP contribution in [0, 0.1) is 6.92 Å². The zero-order valence-corrected chi connectivity index (χ0v) is 12.1. The molecule has 1 saturated heterocycles. The first-order valence-corrected chi connectivity index (χ1v) is 7.57. The number of hydrogen-bond acceptors (Lipinski definition) is 4. The SMILES string of the molecule is Cc1ccc(CCCC(=O)NC[C@@H]2CCOCO2)s1. The number of hydrogen-bond donors (Lipinski definition) is 1. The molecule has 0 unspecified atom stereocenters. The van der Waals surface area contributed by atoms with Gasteiger partial charge < -0.3 is 14.8 Å². The minimum atomic E-state index is 0.109. The Morgan fingerprint density at radius 2 is 2.42 bits per heavy atom. The largest absolute Gasteiger partial charge is 0.355 e. The molecule has 1 atom stereocenters. The lowest BCUT2D eigenvalue weighted by Gasteiger charge is -2.22. The van der Waals surface area contributed by atoms with Gasteiger partial charge in [-0.05, 0) is 38.3 Å². The van der Waals surface area contributed by atoms with Gasteiger partial charge in [0, 0.05) is 22.7 Å². The summed E-state index contributed by atoms with van der Waals surface area (Å²) in [7, 11) is 0. The van der Waals surface area contributed by atoms with E-state index in [1.54, 1.807) is 0 Å². The molecule has 106 valence electrons. The average molecular weight is 283 g/mol. The quantitative estimate of drug-likeness (QED) is 0.871. The van der Waals surface area contributed by atoms with Gasteiger partial charge in [-0.1, -0.05) is 0 Å². The lowest BCUT2D eigenvalue weighted by atomic mass is 10.2. The van der Waals surface area contributed by atoms with Crippen molar-refractivity contribution in [1.29, 1.82) is 0 Å². The van der Waals surface area contributed by atoms with E-state index in [1.165, 1.54) is 9.75 Å². The third-order valence-electron chi connectivity index (χ3n) is 3.12. The van der Waals surface area contributed by atoms with E-state index in [4.69, 9.17) is 9.47 Å². The number of ether oxygens (including phenoxy) is 2. The smallest absolute Gasteiger partial charge is 0.220 e. The molecule has 2 heterocycles. The molecule has 1 fully saturated rings. The normalized spacial score (nSPS) is 19.3. The van der Waals surface area contributed by atoms with Gasteiger partial charge in [0.2, 0.25) is 5.91 Å². The Morgan fingerprint density at radius 3 is 3.11 bits per heavy atom. The Hall–Kier alpha value is -0.910. The van der Waals surface area contributed by atoms with Crippen molar-refractivity contribution in [2.24, 2.45) is 0 Å². The minimum absolute atomic E-state index is 0.109. The molecule has 0 saturated carbocycles. The van der Waals surface area contributed by atoms with Crippen LogP contribution in [0.25, 0.3) is 0 Å². The van der Waals surface area contributed by atoms with Crippen LogP contribution < -0.4 is 5.32 Å². The number of rotatable bonds is 6. The second-order valence-corrected chi connectivity index (χ2v) is 6.15. The number of carbonyl (C=O) groups is 1. The zero-order chi connectivity index (χ0) is 13.5. The van der Waals surface area contributed by atoms with Crippen molar-refractivity contribution in [2.45, 2.75) is 38.7 Å². The van der Waals surface area contributed by atoms with Crippen LogP contribution in [-0.4, -0.2) is 32.0 Å². The maximum atomic E-state index is 11.7. The fourth-order valence-corrected chi connectivity index (χ4v) is 2.95. The molecule has 4 nitrogen and oxygen atoms in total. The van der Waals surface area contributed by atoms with Gasteiger partial charge in [-0.2, -0.15) is 0 Å². The summed E-state index contributed by atoms with van der Waals surface area (Å²) in [6.45, 7) is 3.77. The van der Waals surface area contributed by atoms with E-state index in [2.05, 4.69) is 24.4 Å². The predicted molar refractivity (Wildman–Crippen MR) is 75.3 cm³/mol. The van der Waals surface area contributed by atoms with Crippen LogP contribution >= 0.6 is 11.3 Å². The topological polar surface area (TPSA) is 47.6 Å². The Bertz CT molecular complexity index is 399. The summed E-state index contributed by atoms with van der Waals surface area (Å²) >= 11 is 1.81. The Labute approximate surface area is 118 Å². The van der Waals surface area contributed by atoms with Crippen molar-refractivity contribution < 1.29 is 14.3 Å². The lowest BCUT2D eigenvalue weighted by Crippen LogP contribution is -2.36. The second kappa shape index (κ2) is 7.62. The molecule has 1 aromatic heterocycles. The van der Waals surface area contributed by atoms with Crippen molar-refractivity contribution in [2.75, 3.05) is 19.9 Å². The molecule has 2 rings (SSSR count). The first kappa shape index (κ1) is 14.5. The molecular formula is C14H21NO3S. The van der Waals surface area contributed by atoms with Crippen LogP contribution in [0.15, 0.2) is 12.1 Å². The molecule has 0 radical (unpaired) electrons. The van der Waals surface area contributed by atoms with Gasteiger partial charge in [-0.25, -0.2) is 0 Å². The summed E-state index contributed by atoms with van der Waals surface area (Å²) in [5.74, 6) is 0.114. The van der Waals surface area contributed by atoms with Gasteiger partial charge in [0.25, 0.3) is 0 Å². The molecular weight excluding hydrogens is 262 g/mol. The molecule has 0 spiro atoms. The van der Waals surface area contributed by atoms with Gasteiger partial charge in [0.05, 0.1) is 12.7 Å². The van der Waals surface area contributed by atoms with E-state index >= 15 is 0 Å². The maximum Gasteiger partial charge on any atom is 0.220 e. The fourth-order valence-electron chi connectivity index (χ4n) is 2.02. The van der Waals surface area contributed by atoms with Crippen LogP contribution in [0.3, 0.4) is 0 Å². The van der Waals surface area contributed by atoms with Crippen molar-refractivity contribution in [3.63, 3.8) is 0 Å². The molecule has 1 aromatic rings. The summed E-state index contributed by atoms with van der Waals surface area (Å²) in [5.41, 5.74) is 0. The highest BCUT2D eigenvalue weighted by Crippen LogP contribution is 2.17. The molecule has 0 bridgehead atoms. The second-order valence-electron chi connectivity index (χ2n) is 4.77. The Kier molecular flexibility index (Phi) is 5.82. The zero-order valence-electron chi connectivity index (χ0n) is 11.3. The Morgan fingerprint density at radius 1 is 1.53 bits per heavy atom. The van der Waals surface area contributed by atoms with Gasteiger partial charge in [-0.15, -0.1) is 11.3 Å². The van der Waals surface area contributed by atoms with E-state index in [0.29, 0.717) is 19.8 Å². The van der Waals surface area contributed by atoms with Crippen molar-refractivity contribution in [1.82, 2.24) is 5.32 Å². The van der Waals surface area contributed by atoms with E-state index in [1.807, 2.05) is 11.3 Å². The van der Waals surface area contributed by atoms with Gasteiger partial charge in [0.1, 0.15) is 6.79 Å². The Balaban J connectivity index is 1.56. The highest BCUT2D eigenvalue weighted by Gasteiger charge is 2.14. The van der Waals surface area contributed by atoms with Gasteiger partial charge in [0.15, 0.2) is 0 Å². The fraction of sp³-hybridized carbons (Fsp3) is 0.643. The van der Waals surface area contributed by atoms with Crippen LogP contribution in [0.2, 0.25) is 0 Å². The molecule has 0 aliphatic carbocycles.